The molecule has 0 spiro atoms. The average molecular weight is 269 g/mol. The molecule has 3 amide bonds. The zero-order chi connectivity index (χ0) is 14.3. The van der Waals surface area contributed by atoms with Gasteiger partial charge in [-0.05, 0) is 37.3 Å². The number of urea groups is 1. The molecule has 20 heavy (non-hydrogen) atoms. The van der Waals surface area contributed by atoms with Gasteiger partial charge in [-0.3, -0.25) is 9.69 Å². The molecule has 1 atom stereocenters. The van der Waals surface area contributed by atoms with Crippen molar-refractivity contribution in [2.45, 2.75) is 31.8 Å². The number of hydrogen-bond acceptors (Lipinski definition) is 3. The molecule has 0 aromatic heterocycles. The fourth-order valence-corrected chi connectivity index (χ4v) is 2.73. The summed E-state index contributed by atoms with van der Waals surface area (Å²) >= 11 is 0. The Morgan fingerprint density at radius 3 is 2.75 bits per heavy atom. The minimum atomic E-state index is -0.765. The smallest absolute Gasteiger partial charge is 0.323 e. The van der Waals surface area contributed by atoms with E-state index in [1.54, 1.807) is 31.2 Å². The van der Waals surface area contributed by atoms with E-state index in [2.05, 4.69) is 11.4 Å². The summed E-state index contributed by atoms with van der Waals surface area (Å²) in [5.74, 6) is 0.0629. The Hall–Kier alpha value is -2.35. The van der Waals surface area contributed by atoms with E-state index in [1.807, 2.05) is 0 Å². The molecular weight excluding hydrogens is 254 g/mol. The van der Waals surface area contributed by atoms with Crippen LogP contribution in [-0.4, -0.2) is 22.4 Å². The SMILES string of the molecule is CC1(C2CC2)NC(=O)N(Cc2ccccc2C#N)C1=O. The highest BCUT2D eigenvalue weighted by atomic mass is 16.2. The third-order valence-corrected chi connectivity index (χ3v) is 4.16. The topological polar surface area (TPSA) is 73.2 Å². The third kappa shape index (κ3) is 1.85. The normalized spacial score (nSPS) is 25.5. The molecule has 0 bridgehead atoms. The highest BCUT2D eigenvalue weighted by molar-refractivity contribution is 6.07. The van der Waals surface area contributed by atoms with Gasteiger partial charge in [-0.1, -0.05) is 18.2 Å². The molecule has 102 valence electrons. The van der Waals surface area contributed by atoms with Gasteiger partial charge in [0, 0.05) is 0 Å². The van der Waals surface area contributed by atoms with E-state index >= 15 is 0 Å². The third-order valence-electron chi connectivity index (χ3n) is 4.16. The number of imide groups is 1. The van der Waals surface area contributed by atoms with Crippen LogP contribution in [0.2, 0.25) is 0 Å². The van der Waals surface area contributed by atoms with Crippen molar-refractivity contribution in [3.63, 3.8) is 0 Å². The van der Waals surface area contributed by atoms with Crippen molar-refractivity contribution in [1.29, 1.82) is 5.26 Å². The molecule has 5 heteroatoms. The van der Waals surface area contributed by atoms with Crippen LogP contribution in [0.5, 0.6) is 0 Å². The lowest BCUT2D eigenvalue weighted by Gasteiger charge is -2.21. The van der Waals surface area contributed by atoms with Crippen molar-refractivity contribution in [2.75, 3.05) is 0 Å². The monoisotopic (exact) mass is 269 g/mol. The van der Waals surface area contributed by atoms with Gasteiger partial charge in [0.05, 0.1) is 18.2 Å². The van der Waals surface area contributed by atoms with Gasteiger partial charge in [0.15, 0.2) is 0 Å². The van der Waals surface area contributed by atoms with Gasteiger partial charge in [0.1, 0.15) is 5.54 Å². The Balaban J connectivity index is 1.86. The summed E-state index contributed by atoms with van der Waals surface area (Å²) in [6.45, 7) is 1.94. The molecule has 1 N–H and O–H groups in total. The van der Waals surface area contributed by atoms with Crippen molar-refractivity contribution in [1.82, 2.24) is 10.2 Å². The first kappa shape index (κ1) is 12.7. The van der Waals surface area contributed by atoms with Crippen molar-refractivity contribution in [3.05, 3.63) is 35.4 Å². The zero-order valence-corrected chi connectivity index (χ0v) is 11.2. The van der Waals surface area contributed by atoms with Gasteiger partial charge in [0.25, 0.3) is 5.91 Å². The fourth-order valence-electron chi connectivity index (χ4n) is 2.73. The molecule has 1 aromatic rings. The van der Waals surface area contributed by atoms with Crippen LogP contribution in [-0.2, 0) is 11.3 Å². The second-order valence-electron chi connectivity index (χ2n) is 5.57. The second kappa shape index (κ2) is 4.34. The quantitative estimate of drug-likeness (QED) is 0.850. The van der Waals surface area contributed by atoms with Crippen LogP contribution in [0, 0.1) is 17.2 Å². The maximum absolute atomic E-state index is 12.5. The van der Waals surface area contributed by atoms with Gasteiger partial charge >= 0.3 is 6.03 Å². The van der Waals surface area contributed by atoms with Crippen molar-refractivity contribution < 1.29 is 9.59 Å². The van der Waals surface area contributed by atoms with E-state index in [9.17, 15) is 9.59 Å². The van der Waals surface area contributed by atoms with Crippen LogP contribution in [0.15, 0.2) is 24.3 Å². The van der Waals surface area contributed by atoms with Crippen molar-refractivity contribution in [2.24, 2.45) is 5.92 Å². The van der Waals surface area contributed by atoms with Crippen LogP contribution in [0.4, 0.5) is 4.79 Å². The van der Waals surface area contributed by atoms with Crippen LogP contribution in [0.25, 0.3) is 0 Å². The van der Waals surface area contributed by atoms with Crippen LogP contribution in [0.1, 0.15) is 30.9 Å². The first-order chi connectivity index (χ1) is 9.56. The standard InChI is InChI=1S/C15H15N3O2/c1-15(12-6-7-12)13(19)18(14(20)17-15)9-11-5-3-2-4-10(11)8-16/h2-5,12H,6-7,9H2,1H3,(H,17,20). The zero-order valence-electron chi connectivity index (χ0n) is 11.2. The van der Waals surface area contributed by atoms with E-state index < -0.39 is 5.54 Å². The summed E-state index contributed by atoms with van der Waals surface area (Å²) in [7, 11) is 0. The van der Waals surface area contributed by atoms with Crippen LogP contribution >= 0.6 is 0 Å². The first-order valence-corrected chi connectivity index (χ1v) is 6.68. The Labute approximate surface area is 117 Å². The van der Waals surface area contributed by atoms with Crippen molar-refractivity contribution >= 4 is 11.9 Å². The van der Waals surface area contributed by atoms with Crippen LogP contribution in [0.3, 0.4) is 0 Å². The highest BCUT2D eigenvalue weighted by Crippen LogP contribution is 2.42. The van der Waals surface area contributed by atoms with Gasteiger partial charge in [-0.2, -0.15) is 5.26 Å². The number of carbonyl (C=O) groups excluding carboxylic acids is 2. The number of amides is 3. The molecule has 1 heterocycles. The van der Waals surface area contributed by atoms with Gasteiger partial charge in [-0.25, -0.2) is 4.79 Å². The average Bonchev–Trinajstić information content (AvgIpc) is 3.26. The van der Waals surface area contributed by atoms with E-state index in [1.165, 1.54) is 4.90 Å². The molecule has 1 aliphatic carbocycles. The maximum atomic E-state index is 12.5. The number of nitrogens with zero attached hydrogens (tertiary/aromatic N) is 2. The maximum Gasteiger partial charge on any atom is 0.325 e. The second-order valence-corrected chi connectivity index (χ2v) is 5.57. The Morgan fingerprint density at radius 1 is 1.40 bits per heavy atom. The molecule has 1 unspecified atom stereocenters. The predicted octanol–water partition coefficient (Wildman–Crippen LogP) is 1.78. The lowest BCUT2D eigenvalue weighted by Crippen LogP contribution is -2.46. The fraction of sp³-hybridized carbons (Fsp3) is 0.400. The molecule has 3 rings (SSSR count). The summed E-state index contributed by atoms with van der Waals surface area (Å²) in [5.41, 5.74) is 0.422. The predicted molar refractivity (Wildman–Crippen MR) is 71.4 cm³/mol. The molecule has 2 fully saturated rings. The summed E-state index contributed by atoms with van der Waals surface area (Å²) in [5, 5.41) is 11.9. The molecule has 1 saturated carbocycles. The number of hydrogen-bond donors (Lipinski definition) is 1. The number of rotatable bonds is 3. The number of nitrogens with one attached hydrogen (secondary N) is 1. The number of carbonyl (C=O) groups is 2. The molecule has 1 aliphatic heterocycles. The lowest BCUT2D eigenvalue weighted by atomic mass is 9.96. The number of nitriles is 1. The summed E-state index contributed by atoms with van der Waals surface area (Å²) in [4.78, 5) is 25.7. The minimum absolute atomic E-state index is 0.150. The molecule has 1 saturated heterocycles. The molecule has 0 radical (unpaired) electrons. The molecule has 5 nitrogen and oxygen atoms in total. The van der Waals surface area contributed by atoms with Crippen LogP contribution < -0.4 is 5.32 Å². The Morgan fingerprint density at radius 2 is 2.10 bits per heavy atom. The minimum Gasteiger partial charge on any atom is -0.323 e. The Kier molecular flexibility index (Phi) is 2.75. The Bertz CT molecular complexity index is 630. The molecule has 1 aromatic carbocycles. The first-order valence-electron chi connectivity index (χ1n) is 6.68. The summed E-state index contributed by atoms with van der Waals surface area (Å²) in [6.07, 6.45) is 1.95. The summed E-state index contributed by atoms with van der Waals surface area (Å²) in [6, 6.07) is 8.75. The van der Waals surface area contributed by atoms with E-state index in [4.69, 9.17) is 5.26 Å². The number of benzene rings is 1. The largest absolute Gasteiger partial charge is 0.325 e. The van der Waals surface area contributed by atoms with Gasteiger partial charge < -0.3 is 5.32 Å². The summed E-state index contributed by atoms with van der Waals surface area (Å²) < 4.78 is 0. The van der Waals surface area contributed by atoms with E-state index in [0.29, 0.717) is 11.1 Å². The molecule has 2 aliphatic rings. The van der Waals surface area contributed by atoms with Gasteiger partial charge in [0.2, 0.25) is 0 Å². The highest BCUT2D eigenvalue weighted by Gasteiger charge is 2.55. The van der Waals surface area contributed by atoms with Crippen molar-refractivity contribution in [3.8, 4) is 6.07 Å². The molecular formula is C15H15N3O2. The van der Waals surface area contributed by atoms with E-state index in [0.717, 1.165) is 12.8 Å². The lowest BCUT2D eigenvalue weighted by molar-refractivity contribution is -0.131. The van der Waals surface area contributed by atoms with Gasteiger partial charge in [-0.15, -0.1) is 0 Å². The van der Waals surface area contributed by atoms with E-state index in [-0.39, 0.29) is 24.4 Å².